The summed E-state index contributed by atoms with van der Waals surface area (Å²) in [4.78, 5) is 0. The molecular formula is C13H21NO2. The normalized spacial score (nSPS) is 10.7. The van der Waals surface area contributed by atoms with Gasteiger partial charge in [0.25, 0.3) is 0 Å². The molecule has 1 aromatic heterocycles. The first-order chi connectivity index (χ1) is 7.59. The van der Waals surface area contributed by atoms with E-state index in [1.165, 1.54) is 5.56 Å². The van der Waals surface area contributed by atoms with Crippen molar-refractivity contribution in [1.29, 1.82) is 0 Å². The molecule has 0 bridgehead atoms. The fraction of sp³-hybridized carbons (Fsp3) is 0.538. The van der Waals surface area contributed by atoms with Crippen LogP contribution in [0.15, 0.2) is 22.6 Å². The van der Waals surface area contributed by atoms with Crippen molar-refractivity contribution in [2.24, 2.45) is 0 Å². The maximum atomic E-state index is 5.44. The van der Waals surface area contributed by atoms with Crippen LogP contribution in [0.1, 0.15) is 24.0 Å². The number of hydrogen-bond donors (Lipinski definition) is 1. The molecule has 0 unspecified atom stereocenters. The molecular weight excluding hydrogens is 202 g/mol. The smallest absolute Gasteiger partial charge is 0.105 e. The van der Waals surface area contributed by atoms with Crippen LogP contribution >= 0.6 is 0 Å². The highest BCUT2D eigenvalue weighted by molar-refractivity contribution is 5.19. The Balaban J connectivity index is 2.11. The summed E-state index contributed by atoms with van der Waals surface area (Å²) in [6.07, 6.45) is 0. The Kier molecular flexibility index (Phi) is 5.29. The molecule has 0 spiro atoms. The Labute approximate surface area is 97.5 Å². The average molecular weight is 223 g/mol. The first-order valence-corrected chi connectivity index (χ1v) is 5.58. The molecule has 90 valence electrons. The number of rotatable bonds is 7. The summed E-state index contributed by atoms with van der Waals surface area (Å²) in [5, 5.41) is 3.31. The molecule has 0 aliphatic carbocycles. The maximum absolute atomic E-state index is 5.44. The summed E-state index contributed by atoms with van der Waals surface area (Å²) >= 11 is 0. The van der Waals surface area contributed by atoms with E-state index in [2.05, 4.69) is 18.0 Å². The zero-order valence-corrected chi connectivity index (χ0v) is 10.4. The Morgan fingerprint density at radius 3 is 2.81 bits per heavy atom. The van der Waals surface area contributed by atoms with Crippen molar-refractivity contribution >= 4 is 0 Å². The van der Waals surface area contributed by atoms with Gasteiger partial charge in [-0.1, -0.05) is 12.2 Å². The third-order valence-corrected chi connectivity index (χ3v) is 2.23. The molecule has 3 heteroatoms. The number of nitrogens with one attached hydrogen (secondary N) is 1. The fourth-order valence-electron chi connectivity index (χ4n) is 1.47. The van der Waals surface area contributed by atoms with Crippen LogP contribution in [0.4, 0.5) is 0 Å². The predicted molar refractivity (Wildman–Crippen MR) is 65.5 cm³/mol. The fourth-order valence-corrected chi connectivity index (χ4v) is 1.47. The highest BCUT2D eigenvalue weighted by Crippen LogP contribution is 2.12. The molecule has 0 aliphatic heterocycles. The van der Waals surface area contributed by atoms with Crippen LogP contribution in [0.25, 0.3) is 0 Å². The molecule has 1 N–H and O–H groups in total. The van der Waals surface area contributed by atoms with Crippen molar-refractivity contribution < 1.29 is 9.15 Å². The van der Waals surface area contributed by atoms with Gasteiger partial charge in [0.05, 0.1) is 13.2 Å². The summed E-state index contributed by atoms with van der Waals surface area (Å²) in [5.74, 6) is 1.96. The lowest BCUT2D eigenvalue weighted by molar-refractivity contribution is 0.157. The molecule has 0 amide bonds. The molecule has 1 aromatic rings. The number of hydrogen-bond acceptors (Lipinski definition) is 3. The van der Waals surface area contributed by atoms with Gasteiger partial charge in [0.1, 0.15) is 11.5 Å². The molecule has 0 radical (unpaired) electrons. The third-order valence-electron chi connectivity index (χ3n) is 2.23. The lowest BCUT2D eigenvalue weighted by Gasteiger charge is -2.05. The van der Waals surface area contributed by atoms with Crippen LogP contribution < -0.4 is 5.32 Å². The summed E-state index contributed by atoms with van der Waals surface area (Å²) in [7, 11) is 0. The number of aryl methyl sites for hydroxylation is 2. The van der Waals surface area contributed by atoms with E-state index < -0.39 is 0 Å². The number of ether oxygens (including phenoxy) is 1. The third kappa shape index (κ3) is 4.64. The second kappa shape index (κ2) is 6.51. The minimum Gasteiger partial charge on any atom is -0.466 e. The van der Waals surface area contributed by atoms with E-state index in [1.54, 1.807) is 0 Å². The van der Waals surface area contributed by atoms with Gasteiger partial charge in [0.15, 0.2) is 0 Å². The van der Waals surface area contributed by atoms with E-state index in [-0.39, 0.29) is 0 Å². The Morgan fingerprint density at radius 1 is 1.50 bits per heavy atom. The van der Waals surface area contributed by atoms with Crippen molar-refractivity contribution in [2.75, 3.05) is 19.8 Å². The van der Waals surface area contributed by atoms with E-state index in [0.29, 0.717) is 13.2 Å². The van der Waals surface area contributed by atoms with Crippen molar-refractivity contribution in [1.82, 2.24) is 5.32 Å². The standard InChI is InChI=1S/C13H21NO2/c1-10(2)9-15-6-5-14-8-13-7-11(3)16-12(13)4/h7,14H,1,5-6,8-9H2,2-4H3. The van der Waals surface area contributed by atoms with Gasteiger partial charge in [-0.15, -0.1) is 0 Å². The van der Waals surface area contributed by atoms with E-state index in [9.17, 15) is 0 Å². The quantitative estimate of drug-likeness (QED) is 0.570. The molecule has 0 saturated carbocycles. The van der Waals surface area contributed by atoms with E-state index in [4.69, 9.17) is 9.15 Å². The Morgan fingerprint density at radius 2 is 2.25 bits per heavy atom. The van der Waals surface area contributed by atoms with Gasteiger partial charge >= 0.3 is 0 Å². The van der Waals surface area contributed by atoms with Gasteiger partial charge in [-0.05, 0) is 26.8 Å². The van der Waals surface area contributed by atoms with Gasteiger partial charge in [0.2, 0.25) is 0 Å². The van der Waals surface area contributed by atoms with Gasteiger partial charge in [-0.2, -0.15) is 0 Å². The summed E-state index contributed by atoms with van der Waals surface area (Å²) in [5.41, 5.74) is 2.28. The molecule has 0 atom stereocenters. The summed E-state index contributed by atoms with van der Waals surface area (Å²) < 4.78 is 10.8. The molecule has 0 fully saturated rings. The maximum Gasteiger partial charge on any atom is 0.105 e. The van der Waals surface area contributed by atoms with Gasteiger partial charge < -0.3 is 14.5 Å². The second-order valence-corrected chi connectivity index (χ2v) is 4.12. The van der Waals surface area contributed by atoms with Crippen LogP contribution in [0.3, 0.4) is 0 Å². The zero-order chi connectivity index (χ0) is 12.0. The first-order valence-electron chi connectivity index (χ1n) is 5.58. The molecule has 0 aliphatic rings. The van der Waals surface area contributed by atoms with E-state index in [1.807, 2.05) is 20.8 Å². The minimum atomic E-state index is 0.644. The highest BCUT2D eigenvalue weighted by Gasteiger charge is 2.03. The van der Waals surface area contributed by atoms with Crippen LogP contribution in [0.5, 0.6) is 0 Å². The molecule has 16 heavy (non-hydrogen) atoms. The largest absolute Gasteiger partial charge is 0.466 e. The van der Waals surface area contributed by atoms with E-state index in [0.717, 1.165) is 30.2 Å². The van der Waals surface area contributed by atoms with Gasteiger partial charge in [-0.3, -0.25) is 0 Å². The van der Waals surface area contributed by atoms with Crippen molar-refractivity contribution in [2.45, 2.75) is 27.3 Å². The first kappa shape index (κ1) is 13.0. The monoisotopic (exact) mass is 223 g/mol. The average Bonchev–Trinajstić information content (AvgIpc) is 2.50. The SMILES string of the molecule is C=C(C)COCCNCc1cc(C)oc1C. The molecule has 0 aromatic carbocycles. The topological polar surface area (TPSA) is 34.4 Å². The second-order valence-electron chi connectivity index (χ2n) is 4.12. The number of furan rings is 1. The predicted octanol–water partition coefficient (Wildman–Crippen LogP) is 2.58. The Bertz CT molecular complexity index is 342. The van der Waals surface area contributed by atoms with E-state index >= 15 is 0 Å². The summed E-state index contributed by atoms with van der Waals surface area (Å²) in [6.45, 7) is 12.7. The van der Waals surface area contributed by atoms with Crippen molar-refractivity contribution in [3.05, 3.63) is 35.3 Å². The van der Waals surface area contributed by atoms with Crippen LogP contribution in [0, 0.1) is 13.8 Å². The van der Waals surface area contributed by atoms with Crippen LogP contribution in [-0.4, -0.2) is 19.8 Å². The molecule has 1 rings (SSSR count). The zero-order valence-electron chi connectivity index (χ0n) is 10.4. The molecule has 0 saturated heterocycles. The Hall–Kier alpha value is -1.06. The lowest BCUT2D eigenvalue weighted by atomic mass is 10.2. The van der Waals surface area contributed by atoms with Gasteiger partial charge in [-0.25, -0.2) is 0 Å². The van der Waals surface area contributed by atoms with Crippen LogP contribution in [0.2, 0.25) is 0 Å². The minimum absolute atomic E-state index is 0.644. The molecule has 3 nitrogen and oxygen atoms in total. The highest BCUT2D eigenvalue weighted by atomic mass is 16.5. The molecule has 1 heterocycles. The lowest BCUT2D eigenvalue weighted by Crippen LogP contribution is -2.19. The van der Waals surface area contributed by atoms with Crippen LogP contribution in [-0.2, 0) is 11.3 Å². The van der Waals surface area contributed by atoms with Crippen molar-refractivity contribution in [3.63, 3.8) is 0 Å². The summed E-state index contributed by atoms with van der Waals surface area (Å²) in [6, 6.07) is 2.07. The van der Waals surface area contributed by atoms with Crippen molar-refractivity contribution in [3.8, 4) is 0 Å². The van der Waals surface area contributed by atoms with Gasteiger partial charge in [0, 0.05) is 18.7 Å².